The number of carbonyl (C=O) groups is 2. The van der Waals surface area contributed by atoms with Gasteiger partial charge in [0.25, 0.3) is 0 Å². The van der Waals surface area contributed by atoms with Crippen molar-refractivity contribution in [2.24, 2.45) is 0 Å². The maximum atomic E-state index is 12.1. The van der Waals surface area contributed by atoms with E-state index in [0.717, 1.165) is 5.56 Å². The number of nitrogens with zero attached hydrogens (tertiary/aromatic N) is 1. The number of carboxylic acids is 1. The van der Waals surface area contributed by atoms with Crippen molar-refractivity contribution in [1.82, 2.24) is 4.90 Å². The molecule has 6 heteroatoms. The molecule has 1 amide bonds. The molecule has 0 saturated carbocycles. The van der Waals surface area contributed by atoms with Gasteiger partial charge in [0.2, 0.25) is 5.91 Å². The molecule has 1 aromatic rings. The molecule has 0 bridgehead atoms. The molecule has 1 aliphatic heterocycles. The number of aliphatic carboxylic acids is 1. The first-order valence-corrected chi connectivity index (χ1v) is 6.56. The highest BCUT2D eigenvalue weighted by Gasteiger charge is 2.27. The van der Waals surface area contributed by atoms with Crippen LogP contribution in [0.5, 0.6) is 5.75 Å². The lowest BCUT2D eigenvalue weighted by atomic mass is 10.2. The van der Waals surface area contributed by atoms with E-state index in [-0.39, 0.29) is 19.1 Å². The monoisotopic (exact) mass is 291 g/mol. The van der Waals surface area contributed by atoms with Crippen LogP contribution in [0.1, 0.15) is 5.56 Å². The SMILES string of the molecule is COc1ccccc1/C=C/C(=O)N1CCO[C@@H](C(=O)O)C1. The molecule has 21 heavy (non-hydrogen) atoms. The fourth-order valence-electron chi connectivity index (χ4n) is 2.07. The van der Waals surface area contributed by atoms with Crippen molar-refractivity contribution in [3.63, 3.8) is 0 Å². The standard InChI is InChI=1S/C15H17NO5/c1-20-12-5-3-2-4-11(12)6-7-14(17)16-8-9-21-13(10-16)15(18)19/h2-7,13H,8-10H2,1H3,(H,18,19)/b7-6+/t13-/m1/s1. The Hall–Kier alpha value is -2.34. The van der Waals surface area contributed by atoms with E-state index in [1.54, 1.807) is 19.3 Å². The summed E-state index contributed by atoms with van der Waals surface area (Å²) in [5, 5.41) is 8.92. The first-order chi connectivity index (χ1) is 10.1. The predicted octanol–water partition coefficient (Wildman–Crippen LogP) is 1.02. The normalized spacial score (nSPS) is 18.7. The lowest BCUT2D eigenvalue weighted by Crippen LogP contribution is -2.48. The summed E-state index contributed by atoms with van der Waals surface area (Å²) in [5.41, 5.74) is 0.788. The van der Waals surface area contributed by atoms with Crippen LogP contribution in [0.4, 0.5) is 0 Å². The second-order valence-corrected chi connectivity index (χ2v) is 4.56. The molecule has 112 valence electrons. The Morgan fingerprint density at radius 2 is 2.19 bits per heavy atom. The quantitative estimate of drug-likeness (QED) is 0.838. The van der Waals surface area contributed by atoms with E-state index in [1.165, 1.54) is 11.0 Å². The van der Waals surface area contributed by atoms with Crippen LogP contribution in [0.3, 0.4) is 0 Å². The summed E-state index contributed by atoms with van der Waals surface area (Å²) in [6, 6.07) is 7.33. The fraction of sp³-hybridized carbons (Fsp3) is 0.333. The highest BCUT2D eigenvalue weighted by molar-refractivity contribution is 5.92. The molecule has 1 atom stereocenters. The van der Waals surface area contributed by atoms with Gasteiger partial charge in [-0.15, -0.1) is 0 Å². The third-order valence-electron chi connectivity index (χ3n) is 3.20. The van der Waals surface area contributed by atoms with Crippen LogP contribution in [-0.4, -0.2) is 54.8 Å². The number of carboxylic acid groups (broad SMARTS) is 1. The first kappa shape index (κ1) is 15.1. The van der Waals surface area contributed by atoms with Crippen molar-refractivity contribution >= 4 is 18.0 Å². The van der Waals surface area contributed by atoms with Gasteiger partial charge < -0.3 is 19.5 Å². The van der Waals surface area contributed by atoms with Gasteiger partial charge in [-0.3, -0.25) is 4.79 Å². The minimum atomic E-state index is -1.05. The summed E-state index contributed by atoms with van der Waals surface area (Å²) in [6.45, 7) is 0.675. The summed E-state index contributed by atoms with van der Waals surface area (Å²) in [6.07, 6.45) is 2.12. The van der Waals surface area contributed by atoms with E-state index in [9.17, 15) is 9.59 Å². The molecule has 1 aliphatic rings. The van der Waals surface area contributed by atoms with Crippen LogP contribution in [0.2, 0.25) is 0 Å². The van der Waals surface area contributed by atoms with Crippen LogP contribution >= 0.6 is 0 Å². The molecule has 1 heterocycles. The molecule has 0 radical (unpaired) electrons. The molecule has 2 rings (SSSR count). The Labute approximate surface area is 122 Å². The van der Waals surface area contributed by atoms with Gasteiger partial charge in [0, 0.05) is 18.2 Å². The summed E-state index contributed by atoms with van der Waals surface area (Å²) in [5.74, 6) is -0.622. The van der Waals surface area contributed by atoms with Crippen molar-refractivity contribution in [2.45, 2.75) is 6.10 Å². The van der Waals surface area contributed by atoms with Gasteiger partial charge >= 0.3 is 5.97 Å². The topological polar surface area (TPSA) is 76.1 Å². The number of carbonyl (C=O) groups excluding carboxylic acids is 1. The van der Waals surface area contributed by atoms with E-state index in [1.807, 2.05) is 18.2 Å². The number of amides is 1. The molecular formula is C15H17NO5. The van der Waals surface area contributed by atoms with E-state index in [2.05, 4.69) is 0 Å². The molecule has 0 aromatic heterocycles. The second kappa shape index (κ2) is 6.90. The molecule has 1 fully saturated rings. The molecule has 6 nitrogen and oxygen atoms in total. The number of hydrogen-bond acceptors (Lipinski definition) is 4. The average Bonchev–Trinajstić information content (AvgIpc) is 2.52. The van der Waals surface area contributed by atoms with Crippen LogP contribution in [-0.2, 0) is 14.3 Å². The minimum Gasteiger partial charge on any atom is -0.496 e. The number of hydrogen-bond donors (Lipinski definition) is 1. The van der Waals surface area contributed by atoms with Crippen molar-refractivity contribution in [2.75, 3.05) is 26.8 Å². The van der Waals surface area contributed by atoms with Crippen LogP contribution in [0.25, 0.3) is 6.08 Å². The Morgan fingerprint density at radius 1 is 1.43 bits per heavy atom. The minimum absolute atomic E-state index is 0.0600. The summed E-state index contributed by atoms with van der Waals surface area (Å²) >= 11 is 0. The third kappa shape index (κ3) is 3.82. The molecule has 0 spiro atoms. The average molecular weight is 291 g/mol. The molecule has 1 aromatic carbocycles. The second-order valence-electron chi connectivity index (χ2n) is 4.56. The number of rotatable bonds is 4. The summed E-state index contributed by atoms with van der Waals surface area (Å²) < 4.78 is 10.3. The predicted molar refractivity (Wildman–Crippen MR) is 76.0 cm³/mol. The Kier molecular flexibility index (Phi) is 4.94. The maximum absolute atomic E-state index is 12.1. The molecule has 0 aliphatic carbocycles. The van der Waals surface area contributed by atoms with Crippen molar-refractivity contribution in [3.8, 4) is 5.75 Å². The lowest BCUT2D eigenvalue weighted by molar-refractivity contribution is -0.158. The summed E-state index contributed by atoms with van der Waals surface area (Å²) in [4.78, 5) is 24.4. The zero-order valence-electron chi connectivity index (χ0n) is 11.7. The van der Waals surface area contributed by atoms with E-state index in [4.69, 9.17) is 14.6 Å². The highest BCUT2D eigenvalue weighted by Crippen LogP contribution is 2.18. The molecule has 0 unspecified atom stereocenters. The Morgan fingerprint density at radius 3 is 2.90 bits per heavy atom. The van der Waals surface area contributed by atoms with Gasteiger partial charge in [-0.05, 0) is 12.1 Å². The van der Waals surface area contributed by atoms with Gasteiger partial charge in [0.05, 0.1) is 20.3 Å². The van der Waals surface area contributed by atoms with Gasteiger partial charge in [-0.25, -0.2) is 4.79 Å². The van der Waals surface area contributed by atoms with Crippen molar-refractivity contribution < 1.29 is 24.2 Å². The number of ether oxygens (including phenoxy) is 2. The van der Waals surface area contributed by atoms with Gasteiger partial charge in [-0.2, -0.15) is 0 Å². The van der Waals surface area contributed by atoms with Crippen LogP contribution in [0, 0.1) is 0 Å². The highest BCUT2D eigenvalue weighted by atomic mass is 16.5. The zero-order valence-corrected chi connectivity index (χ0v) is 11.7. The van der Waals surface area contributed by atoms with Gasteiger partial charge in [0.15, 0.2) is 6.10 Å². The first-order valence-electron chi connectivity index (χ1n) is 6.56. The van der Waals surface area contributed by atoms with Crippen molar-refractivity contribution in [1.29, 1.82) is 0 Å². The molecule has 1 N–H and O–H groups in total. The fourth-order valence-corrected chi connectivity index (χ4v) is 2.07. The van der Waals surface area contributed by atoms with Gasteiger partial charge in [0.1, 0.15) is 5.75 Å². The molecular weight excluding hydrogens is 274 g/mol. The van der Waals surface area contributed by atoms with E-state index >= 15 is 0 Å². The van der Waals surface area contributed by atoms with Crippen LogP contribution in [0.15, 0.2) is 30.3 Å². The number of benzene rings is 1. The third-order valence-corrected chi connectivity index (χ3v) is 3.20. The lowest BCUT2D eigenvalue weighted by Gasteiger charge is -2.30. The number of methoxy groups -OCH3 is 1. The van der Waals surface area contributed by atoms with Crippen molar-refractivity contribution in [3.05, 3.63) is 35.9 Å². The number of para-hydroxylation sites is 1. The Balaban J connectivity index is 2.03. The molecule has 1 saturated heterocycles. The maximum Gasteiger partial charge on any atom is 0.334 e. The van der Waals surface area contributed by atoms with E-state index in [0.29, 0.717) is 12.3 Å². The Bertz CT molecular complexity index is 555. The van der Waals surface area contributed by atoms with E-state index < -0.39 is 12.1 Å². The van der Waals surface area contributed by atoms with Gasteiger partial charge in [-0.1, -0.05) is 18.2 Å². The zero-order chi connectivity index (χ0) is 15.2. The smallest absolute Gasteiger partial charge is 0.334 e. The largest absolute Gasteiger partial charge is 0.496 e. The summed E-state index contributed by atoms with van der Waals surface area (Å²) in [7, 11) is 1.56. The number of morpholine rings is 1. The van der Waals surface area contributed by atoms with Crippen LogP contribution < -0.4 is 4.74 Å².